The molecule has 0 atom stereocenters. The summed E-state index contributed by atoms with van der Waals surface area (Å²) in [5.74, 6) is -0.234. The van der Waals surface area contributed by atoms with Gasteiger partial charge in [0.25, 0.3) is 0 Å². The van der Waals surface area contributed by atoms with Gasteiger partial charge in [0.15, 0.2) is 5.82 Å². The lowest BCUT2D eigenvalue weighted by Gasteiger charge is -2.29. The normalized spacial score (nSPS) is 18.8. The molecule has 0 radical (unpaired) electrons. The predicted molar refractivity (Wildman–Crippen MR) is 104 cm³/mol. The average Bonchev–Trinajstić information content (AvgIpc) is 3.12. The number of nitro groups is 1. The van der Waals surface area contributed by atoms with E-state index in [4.69, 9.17) is 5.11 Å². The summed E-state index contributed by atoms with van der Waals surface area (Å²) in [5.41, 5.74) is 0.619. The van der Waals surface area contributed by atoms with Crippen LogP contribution in [0.5, 0.6) is 0 Å². The van der Waals surface area contributed by atoms with Crippen LogP contribution in [0.2, 0.25) is 0 Å². The number of imidazole rings is 1. The minimum Gasteiger partial charge on any atom is -0.465 e. The summed E-state index contributed by atoms with van der Waals surface area (Å²) in [6, 6.07) is 2.56. The van der Waals surface area contributed by atoms with Gasteiger partial charge in [-0.2, -0.15) is 0 Å². The standard InChI is InChI=1S/C18H18FN7O4/c19-10-1-6-15-20-7-13(25(15)9-10)16-21-8-14(26(29)30)17(24-16)22-11-2-4-12(5-3-11)23-18(27)28/h1,6-9,11-12,23H,2-5H2,(H,27,28)(H,21,22,24). The lowest BCUT2D eigenvalue weighted by Crippen LogP contribution is -2.39. The highest BCUT2D eigenvalue weighted by Crippen LogP contribution is 2.29. The Hall–Kier alpha value is -3.83. The highest BCUT2D eigenvalue weighted by Gasteiger charge is 2.26. The third kappa shape index (κ3) is 3.97. The third-order valence-corrected chi connectivity index (χ3v) is 5.06. The van der Waals surface area contributed by atoms with Gasteiger partial charge in [0, 0.05) is 18.3 Å². The maximum Gasteiger partial charge on any atom is 0.404 e. The van der Waals surface area contributed by atoms with E-state index in [0.717, 1.165) is 6.20 Å². The first-order valence-corrected chi connectivity index (χ1v) is 9.31. The van der Waals surface area contributed by atoms with Crippen molar-refractivity contribution in [3.05, 3.63) is 46.7 Å². The SMILES string of the molecule is O=C(O)NC1CCC(Nc2nc(-c3cnc4ccc(F)cn34)ncc2[N+](=O)[O-])CC1. The number of pyridine rings is 1. The first kappa shape index (κ1) is 19.5. The number of nitrogens with zero attached hydrogens (tertiary/aromatic N) is 5. The molecule has 1 aliphatic rings. The number of hydrogen-bond acceptors (Lipinski definition) is 7. The maximum atomic E-state index is 13.6. The van der Waals surface area contributed by atoms with E-state index < -0.39 is 16.8 Å². The van der Waals surface area contributed by atoms with Crippen LogP contribution in [-0.4, -0.2) is 47.6 Å². The molecule has 11 nitrogen and oxygen atoms in total. The molecular formula is C18H18FN7O4. The number of anilines is 1. The Morgan fingerprint density at radius 3 is 2.63 bits per heavy atom. The van der Waals surface area contributed by atoms with Crippen molar-refractivity contribution < 1.29 is 19.2 Å². The summed E-state index contributed by atoms with van der Waals surface area (Å²) in [4.78, 5) is 34.2. The van der Waals surface area contributed by atoms with Crippen LogP contribution in [0.4, 0.5) is 20.7 Å². The van der Waals surface area contributed by atoms with E-state index >= 15 is 0 Å². The van der Waals surface area contributed by atoms with E-state index in [-0.39, 0.29) is 29.4 Å². The number of hydrogen-bond donors (Lipinski definition) is 3. The first-order valence-electron chi connectivity index (χ1n) is 9.31. The molecule has 1 amide bonds. The van der Waals surface area contributed by atoms with Crippen LogP contribution in [0.3, 0.4) is 0 Å². The topological polar surface area (TPSA) is 148 Å². The fourth-order valence-corrected chi connectivity index (χ4v) is 3.61. The van der Waals surface area contributed by atoms with Crippen LogP contribution in [0.1, 0.15) is 25.7 Å². The largest absolute Gasteiger partial charge is 0.465 e. The molecule has 3 heterocycles. The Morgan fingerprint density at radius 1 is 1.20 bits per heavy atom. The van der Waals surface area contributed by atoms with E-state index in [1.807, 2.05) is 0 Å². The van der Waals surface area contributed by atoms with Crippen molar-refractivity contribution >= 4 is 23.2 Å². The van der Waals surface area contributed by atoms with E-state index in [0.29, 0.717) is 37.0 Å². The monoisotopic (exact) mass is 415 g/mol. The number of fused-ring (bicyclic) bond motifs is 1. The second-order valence-corrected chi connectivity index (χ2v) is 7.05. The van der Waals surface area contributed by atoms with Crippen LogP contribution < -0.4 is 10.6 Å². The zero-order valence-corrected chi connectivity index (χ0v) is 15.7. The van der Waals surface area contributed by atoms with Gasteiger partial charge in [-0.05, 0) is 37.8 Å². The number of halogens is 1. The van der Waals surface area contributed by atoms with Crippen molar-refractivity contribution in [3.63, 3.8) is 0 Å². The lowest BCUT2D eigenvalue weighted by molar-refractivity contribution is -0.384. The number of amides is 1. The fourth-order valence-electron chi connectivity index (χ4n) is 3.61. The van der Waals surface area contributed by atoms with Crippen LogP contribution in [-0.2, 0) is 0 Å². The number of carbonyl (C=O) groups is 1. The molecule has 0 aromatic carbocycles. The smallest absolute Gasteiger partial charge is 0.404 e. The number of aromatic nitrogens is 4. The molecule has 3 aromatic rings. The Labute approximate surface area is 169 Å². The lowest BCUT2D eigenvalue weighted by atomic mass is 9.91. The summed E-state index contributed by atoms with van der Waals surface area (Å²) < 4.78 is 15.1. The van der Waals surface area contributed by atoms with Gasteiger partial charge in [0.05, 0.1) is 11.1 Å². The Morgan fingerprint density at radius 2 is 1.93 bits per heavy atom. The molecule has 0 saturated heterocycles. The minimum absolute atomic E-state index is 0.0611. The molecular weight excluding hydrogens is 397 g/mol. The summed E-state index contributed by atoms with van der Waals surface area (Å²) in [5, 5.41) is 25.8. The minimum atomic E-state index is -1.06. The Kier molecular flexibility index (Phi) is 5.12. The zero-order chi connectivity index (χ0) is 21.3. The molecule has 4 rings (SSSR count). The van der Waals surface area contributed by atoms with Crippen molar-refractivity contribution in [2.75, 3.05) is 5.32 Å². The summed E-state index contributed by atoms with van der Waals surface area (Å²) in [7, 11) is 0. The molecule has 0 spiro atoms. The van der Waals surface area contributed by atoms with Gasteiger partial charge in [0.1, 0.15) is 23.4 Å². The molecule has 12 heteroatoms. The molecule has 1 fully saturated rings. The fraction of sp³-hybridized carbons (Fsp3) is 0.333. The van der Waals surface area contributed by atoms with Crippen LogP contribution in [0.15, 0.2) is 30.7 Å². The first-order chi connectivity index (χ1) is 14.4. The van der Waals surface area contributed by atoms with Crippen molar-refractivity contribution in [3.8, 4) is 11.5 Å². The Balaban J connectivity index is 1.60. The van der Waals surface area contributed by atoms with Gasteiger partial charge in [-0.25, -0.2) is 24.1 Å². The molecule has 1 aliphatic carbocycles. The van der Waals surface area contributed by atoms with Crippen LogP contribution in [0, 0.1) is 15.9 Å². The molecule has 156 valence electrons. The van der Waals surface area contributed by atoms with Crippen molar-refractivity contribution in [2.45, 2.75) is 37.8 Å². The van der Waals surface area contributed by atoms with Gasteiger partial charge in [-0.3, -0.25) is 14.5 Å². The molecule has 1 saturated carbocycles. The molecule has 3 N–H and O–H groups in total. The quantitative estimate of drug-likeness (QED) is 0.426. The molecule has 3 aromatic heterocycles. The number of carboxylic acid groups (broad SMARTS) is 1. The highest BCUT2D eigenvalue weighted by molar-refractivity contribution is 5.65. The van der Waals surface area contributed by atoms with Crippen LogP contribution in [0.25, 0.3) is 17.2 Å². The van der Waals surface area contributed by atoms with E-state index in [9.17, 15) is 19.3 Å². The van der Waals surface area contributed by atoms with Gasteiger partial charge in [-0.1, -0.05) is 0 Å². The average molecular weight is 415 g/mol. The third-order valence-electron chi connectivity index (χ3n) is 5.06. The van der Waals surface area contributed by atoms with Crippen molar-refractivity contribution in [2.24, 2.45) is 0 Å². The second-order valence-electron chi connectivity index (χ2n) is 7.05. The molecule has 0 unspecified atom stereocenters. The molecule has 30 heavy (non-hydrogen) atoms. The molecule has 0 bridgehead atoms. The van der Waals surface area contributed by atoms with E-state index in [2.05, 4.69) is 25.6 Å². The molecule has 0 aliphatic heterocycles. The van der Waals surface area contributed by atoms with E-state index in [1.54, 1.807) is 0 Å². The van der Waals surface area contributed by atoms with Crippen molar-refractivity contribution in [1.82, 2.24) is 24.7 Å². The summed E-state index contributed by atoms with van der Waals surface area (Å²) >= 11 is 0. The van der Waals surface area contributed by atoms with Crippen molar-refractivity contribution in [1.29, 1.82) is 0 Å². The second kappa shape index (κ2) is 7.89. The van der Waals surface area contributed by atoms with Gasteiger partial charge in [-0.15, -0.1) is 0 Å². The summed E-state index contributed by atoms with van der Waals surface area (Å²) in [6.45, 7) is 0. The predicted octanol–water partition coefficient (Wildman–Crippen LogP) is 2.83. The highest BCUT2D eigenvalue weighted by atomic mass is 19.1. The maximum absolute atomic E-state index is 13.6. The summed E-state index contributed by atoms with van der Waals surface area (Å²) in [6.07, 6.45) is 5.25. The van der Waals surface area contributed by atoms with E-state index in [1.165, 1.54) is 28.9 Å². The van der Waals surface area contributed by atoms with Gasteiger partial charge in [0.2, 0.25) is 5.82 Å². The number of nitrogens with one attached hydrogen (secondary N) is 2. The van der Waals surface area contributed by atoms with Gasteiger partial charge >= 0.3 is 11.8 Å². The van der Waals surface area contributed by atoms with Gasteiger partial charge < -0.3 is 15.7 Å². The number of rotatable bonds is 5. The van der Waals surface area contributed by atoms with Crippen LogP contribution >= 0.6 is 0 Å². The Bertz CT molecular complexity index is 1110. The zero-order valence-electron chi connectivity index (χ0n) is 15.7.